The third-order valence-corrected chi connectivity index (χ3v) is 1.54. The average Bonchev–Trinajstić information content (AvgIpc) is 1.95. The summed E-state index contributed by atoms with van der Waals surface area (Å²) in [6.07, 6.45) is 0.187. The van der Waals surface area contributed by atoms with Gasteiger partial charge in [-0.3, -0.25) is 0 Å². The van der Waals surface area contributed by atoms with Crippen LogP contribution in [0.15, 0.2) is 18.2 Å². The Balaban J connectivity index is 3.14. The van der Waals surface area contributed by atoms with Crippen LogP contribution in [0.25, 0.3) is 0 Å². The summed E-state index contributed by atoms with van der Waals surface area (Å²) in [6, 6.07) is 4.78. The van der Waals surface area contributed by atoms with Crippen LogP contribution in [0.3, 0.4) is 0 Å². The van der Waals surface area contributed by atoms with Crippen molar-refractivity contribution in [1.82, 2.24) is 0 Å². The molecule has 0 spiro atoms. The van der Waals surface area contributed by atoms with Crippen molar-refractivity contribution in [1.29, 1.82) is 0 Å². The third-order valence-electron chi connectivity index (χ3n) is 1.25. The van der Waals surface area contributed by atoms with Crippen LogP contribution in [-0.2, 0) is 6.32 Å². The van der Waals surface area contributed by atoms with Crippen LogP contribution in [0, 0.1) is 5.82 Å². The van der Waals surface area contributed by atoms with E-state index in [2.05, 4.69) is 0 Å². The first-order valence-electron chi connectivity index (χ1n) is 2.88. The third kappa shape index (κ3) is 1.32. The Morgan fingerprint density at radius 3 is 2.70 bits per heavy atom. The Bertz CT molecular complexity index is 237. The number of benzene rings is 1. The maximum Gasteiger partial charge on any atom is 0.144 e. The molecule has 0 saturated carbocycles. The zero-order valence-electron chi connectivity index (χ0n) is 5.27. The molecule has 0 aliphatic rings. The van der Waals surface area contributed by atoms with Gasteiger partial charge >= 0.3 is 0 Å². The van der Waals surface area contributed by atoms with E-state index in [1.807, 2.05) is 0 Å². The van der Waals surface area contributed by atoms with Crippen molar-refractivity contribution in [3.8, 4) is 0 Å². The summed E-state index contributed by atoms with van der Waals surface area (Å²) >= 11 is 5.46. The molecular weight excluding hydrogens is 149 g/mol. The van der Waals surface area contributed by atoms with E-state index in [1.165, 1.54) is 6.07 Å². The van der Waals surface area contributed by atoms with Gasteiger partial charge in [-0.05, 0) is 11.6 Å². The minimum absolute atomic E-state index is 0.128. The van der Waals surface area contributed by atoms with E-state index in [0.29, 0.717) is 5.56 Å². The number of halogens is 2. The van der Waals surface area contributed by atoms with Crippen molar-refractivity contribution in [2.45, 2.75) is 6.32 Å². The van der Waals surface area contributed by atoms with Crippen molar-refractivity contribution < 1.29 is 4.39 Å². The van der Waals surface area contributed by atoms with Gasteiger partial charge in [-0.2, -0.15) is 0 Å². The van der Waals surface area contributed by atoms with Gasteiger partial charge in [0.25, 0.3) is 0 Å². The molecule has 1 aromatic rings. The van der Waals surface area contributed by atoms with E-state index >= 15 is 0 Å². The molecule has 0 atom stereocenters. The van der Waals surface area contributed by atoms with Gasteiger partial charge in [-0.15, -0.1) is 0 Å². The summed E-state index contributed by atoms with van der Waals surface area (Å²) in [5.74, 6) is -0.410. The quantitative estimate of drug-likeness (QED) is 0.544. The second-order valence-electron chi connectivity index (χ2n) is 1.92. The van der Waals surface area contributed by atoms with E-state index in [1.54, 1.807) is 12.1 Å². The molecule has 0 heterocycles. The van der Waals surface area contributed by atoms with Gasteiger partial charge in [0.15, 0.2) is 0 Å². The van der Waals surface area contributed by atoms with E-state index < -0.39 is 5.82 Å². The lowest BCUT2D eigenvalue weighted by atomic mass is 9.97. The zero-order valence-corrected chi connectivity index (χ0v) is 6.03. The predicted octanol–water partition coefficient (Wildman–Crippen LogP) is 2.15. The molecule has 0 unspecified atom stereocenters. The Morgan fingerprint density at radius 2 is 2.20 bits per heavy atom. The van der Waals surface area contributed by atoms with Crippen molar-refractivity contribution in [2.24, 2.45) is 0 Å². The largest absolute Gasteiger partial charge is 0.205 e. The van der Waals surface area contributed by atoms with Gasteiger partial charge < -0.3 is 0 Å². The first kappa shape index (κ1) is 7.61. The highest BCUT2D eigenvalue weighted by Gasteiger charge is 2.01. The van der Waals surface area contributed by atoms with Gasteiger partial charge in [0, 0.05) is 0 Å². The fourth-order valence-electron chi connectivity index (χ4n) is 0.706. The lowest BCUT2D eigenvalue weighted by molar-refractivity contribution is 0.617. The van der Waals surface area contributed by atoms with Gasteiger partial charge in [0.1, 0.15) is 5.82 Å². The topological polar surface area (TPSA) is 0 Å². The first-order chi connectivity index (χ1) is 4.75. The monoisotopic (exact) mass is 154 g/mol. The van der Waals surface area contributed by atoms with Crippen molar-refractivity contribution in [2.75, 3.05) is 0 Å². The lowest BCUT2D eigenvalue weighted by Crippen LogP contribution is -1.89. The molecule has 0 aromatic heterocycles. The van der Waals surface area contributed by atoms with Crippen LogP contribution in [-0.4, -0.2) is 7.85 Å². The van der Waals surface area contributed by atoms with Crippen LogP contribution < -0.4 is 0 Å². The first-order valence-corrected chi connectivity index (χ1v) is 3.26. The molecule has 1 aromatic carbocycles. The van der Waals surface area contributed by atoms with Gasteiger partial charge in [-0.25, -0.2) is 4.39 Å². The van der Waals surface area contributed by atoms with Gasteiger partial charge in [0.2, 0.25) is 0 Å². The average molecular weight is 154 g/mol. The summed E-state index contributed by atoms with van der Waals surface area (Å²) in [7, 11) is 5.22. The molecule has 0 nitrogen and oxygen atoms in total. The normalized spacial score (nSPS) is 9.80. The molecule has 1 rings (SSSR count). The summed E-state index contributed by atoms with van der Waals surface area (Å²) < 4.78 is 12.8. The molecule has 10 heavy (non-hydrogen) atoms. The van der Waals surface area contributed by atoms with E-state index in [0.717, 1.165) is 0 Å². The predicted molar refractivity (Wildman–Crippen MR) is 40.9 cm³/mol. The molecular formula is C7H5BClF. The molecule has 3 heteroatoms. The molecule has 50 valence electrons. The van der Waals surface area contributed by atoms with Crippen LogP contribution >= 0.6 is 11.6 Å². The van der Waals surface area contributed by atoms with E-state index in [9.17, 15) is 4.39 Å². The Kier molecular flexibility index (Phi) is 2.33. The van der Waals surface area contributed by atoms with Gasteiger partial charge in [-0.1, -0.05) is 30.1 Å². The zero-order chi connectivity index (χ0) is 7.56. The van der Waals surface area contributed by atoms with Crippen molar-refractivity contribution in [3.05, 3.63) is 34.6 Å². The summed E-state index contributed by atoms with van der Waals surface area (Å²) in [6.45, 7) is 0. The summed E-state index contributed by atoms with van der Waals surface area (Å²) in [4.78, 5) is 0. The maximum absolute atomic E-state index is 12.8. The molecule has 0 amide bonds. The Morgan fingerprint density at radius 1 is 1.50 bits per heavy atom. The molecule has 2 radical (unpaired) electrons. The number of hydrogen-bond donors (Lipinski definition) is 0. The van der Waals surface area contributed by atoms with E-state index in [-0.39, 0.29) is 11.3 Å². The van der Waals surface area contributed by atoms with Crippen LogP contribution in [0.4, 0.5) is 4.39 Å². The number of rotatable bonds is 1. The van der Waals surface area contributed by atoms with E-state index in [4.69, 9.17) is 19.4 Å². The van der Waals surface area contributed by atoms with Crippen LogP contribution in [0.2, 0.25) is 5.02 Å². The van der Waals surface area contributed by atoms with Crippen molar-refractivity contribution in [3.63, 3.8) is 0 Å². The SMILES string of the molecule is [B]Cc1cccc(Cl)c1F. The molecule has 0 bridgehead atoms. The summed E-state index contributed by atoms with van der Waals surface area (Å²) in [5, 5.41) is 0.128. The fourth-order valence-corrected chi connectivity index (χ4v) is 0.900. The Hall–Kier alpha value is -0.495. The molecule has 0 fully saturated rings. The molecule has 0 saturated heterocycles. The minimum atomic E-state index is -0.410. The molecule has 0 aliphatic heterocycles. The molecule has 0 aliphatic carbocycles. The smallest absolute Gasteiger partial charge is 0.144 e. The van der Waals surface area contributed by atoms with Crippen molar-refractivity contribution >= 4 is 19.4 Å². The standard InChI is InChI=1S/C7H5BClF/c8-4-5-2-1-3-6(9)7(5)10/h1-3H,4H2. The minimum Gasteiger partial charge on any atom is -0.205 e. The number of hydrogen-bond acceptors (Lipinski definition) is 0. The van der Waals surface area contributed by atoms with Gasteiger partial charge in [0.05, 0.1) is 12.9 Å². The fraction of sp³-hybridized carbons (Fsp3) is 0.143. The highest BCUT2D eigenvalue weighted by Crippen LogP contribution is 2.17. The molecule has 0 N–H and O–H groups in total. The van der Waals surface area contributed by atoms with Crippen LogP contribution in [0.5, 0.6) is 0 Å². The van der Waals surface area contributed by atoms with Crippen LogP contribution in [0.1, 0.15) is 5.56 Å². The highest BCUT2D eigenvalue weighted by atomic mass is 35.5. The second-order valence-corrected chi connectivity index (χ2v) is 2.32. The lowest BCUT2D eigenvalue weighted by Gasteiger charge is -1.98. The maximum atomic E-state index is 12.8. The second kappa shape index (κ2) is 3.06. The highest BCUT2D eigenvalue weighted by molar-refractivity contribution is 6.30. The Labute approximate surface area is 65.4 Å². The summed E-state index contributed by atoms with van der Waals surface area (Å²) in [5.41, 5.74) is 0.451.